The molecule has 0 fully saturated rings. The maximum atomic E-state index is 12.2. The number of nitrogens with two attached hydrogens (primary N) is 1. The molecule has 0 unspecified atom stereocenters. The number of nitrogen functional groups attached to an aromatic ring is 1. The van der Waals surface area contributed by atoms with Crippen LogP contribution in [0.25, 0.3) is 0 Å². The van der Waals surface area contributed by atoms with Gasteiger partial charge in [-0.15, -0.1) is 0 Å². The molecule has 88 valence electrons. The predicted octanol–water partition coefficient (Wildman–Crippen LogP) is 2.37. The number of nitrogens with zero attached hydrogens (tertiary/aromatic N) is 2. The summed E-state index contributed by atoms with van der Waals surface area (Å²) in [4.78, 5) is 16.3. The topological polar surface area (TPSA) is 60.9 Å². The van der Waals surface area contributed by atoms with Gasteiger partial charge in [-0.3, -0.25) is 9.36 Å². The van der Waals surface area contributed by atoms with Crippen LogP contribution in [0.2, 0.25) is 5.02 Å². The average molecular weight is 250 g/mol. The minimum atomic E-state index is -0.187. The van der Waals surface area contributed by atoms with Crippen LogP contribution in [0.15, 0.2) is 30.6 Å². The highest BCUT2D eigenvalue weighted by molar-refractivity contribution is 6.31. The first-order valence-corrected chi connectivity index (χ1v) is 5.63. The number of rotatable bonds is 2. The van der Waals surface area contributed by atoms with Gasteiger partial charge >= 0.3 is 0 Å². The molecule has 0 aliphatic carbocycles. The number of carbonyl (C=O) groups is 1. The molecule has 0 aliphatic rings. The van der Waals surface area contributed by atoms with Crippen molar-refractivity contribution in [1.82, 2.24) is 9.55 Å². The van der Waals surface area contributed by atoms with E-state index in [1.807, 2.05) is 6.92 Å². The normalized spacial score (nSPS) is 10.5. The van der Waals surface area contributed by atoms with E-state index in [4.69, 9.17) is 17.3 Å². The number of hydrogen-bond acceptors (Lipinski definition) is 3. The third-order valence-electron chi connectivity index (χ3n) is 2.50. The second kappa shape index (κ2) is 4.59. The number of benzene rings is 1. The molecule has 2 N–H and O–H groups in total. The Morgan fingerprint density at radius 3 is 2.94 bits per heavy atom. The second-order valence-corrected chi connectivity index (χ2v) is 4.04. The summed E-state index contributed by atoms with van der Waals surface area (Å²) in [5, 5.41) is 0.514. The zero-order valence-electron chi connectivity index (χ0n) is 9.35. The van der Waals surface area contributed by atoms with Crippen LogP contribution >= 0.6 is 11.6 Å². The molecule has 2 aromatic rings. The van der Waals surface area contributed by atoms with Crippen molar-refractivity contribution in [3.63, 3.8) is 0 Å². The minimum absolute atomic E-state index is 0.187. The second-order valence-electron chi connectivity index (χ2n) is 3.60. The Bertz CT molecular complexity index is 563. The van der Waals surface area contributed by atoms with Gasteiger partial charge in [-0.25, -0.2) is 4.98 Å². The molecular formula is C12H12ClN3O. The van der Waals surface area contributed by atoms with Crippen molar-refractivity contribution in [2.24, 2.45) is 0 Å². The quantitative estimate of drug-likeness (QED) is 0.832. The summed E-state index contributed by atoms with van der Waals surface area (Å²) in [5.74, 6) is 0.526. The standard InChI is InChI=1S/C12H12ClN3O/c1-2-11-15-5-6-16(11)12(17)9-4-3-8(13)7-10(9)14/h3-7H,2,14H2,1H3. The molecule has 0 amide bonds. The fourth-order valence-corrected chi connectivity index (χ4v) is 1.82. The molecule has 0 saturated carbocycles. The van der Waals surface area contributed by atoms with Gasteiger partial charge in [0.15, 0.2) is 0 Å². The van der Waals surface area contributed by atoms with Gasteiger partial charge in [-0.05, 0) is 18.2 Å². The molecule has 1 heterocycles. The summed E-state index contributed by atoms with van der Waals surface area (Å²) in [5.41, 5.74) is 6.59. The van der Waals surface area contributed by atoms with Crippen LogP contribution < -0.4 is 5.73 Å². The van der Waals surface area contributed by atoms with Gasteiger partial charge in [-0.2, -0.15) is 0 Å². The predicted molar refractivity (Wildman–Crippen MR) is 67.2 cm³/mol. The number of aromatic nitrogens is 2. The summed E-state index contributed by atoms with van der Waals surface area (Å²) in [6, 6.07) is 4.84. The summed E-state index contributed by atoms with van der Waals surface area (Å²) in [6.07, 6.45) is 3.92. The summed E-state index contributed by atoms with van der Waals surface area (Å²) in [6.45, 7) is 1.94. The van der Waals surface area contributed by atoms with Crippen LogP contribution in [0.4, 0.5) is 5.69 Å². The van der Waals surface area contributed by atoms with E-state index in [1.165, 1.54) is 4.57 Å². The highest BCUT2D eigenvalue weighted by Crippen LogP contribution is 2.19. The van der Waals surface area contributed by atoms with E-state index < -0.39 is 0 Å². The fraction of sp³-hybridized carbons (Fsp3) is 0.167. The average Bonchev–Trinajstić information content (AvgIpc) is 2.76. The molecular weight excluding hydrogens is 238 g/mol. The summed E-state index contributed by atoms with van der Waals surface area (Å²) < 4.78 is 1.50. The van der Waals surface area contributed by atoms with Crippen molar-refractivity contribution in [3.05, 3.63) is 47.0 Å². The van der Waals surface area contributed by atoms with Gasteiger partial charge in [0.25, 0.3) is 5.91 Å². The number of imidazole rings is 1. The molecule has 0 bridgehead atoms. The Morgan fingerprint density at radius 2 is 2.29 bits per heavy atom. The van der Waals surface area contributed by atoms with Gasteiger partial charge in [0.05, 0.1) is 5.56 Å². The van der Waals surface area contributed by atoms with Crippen molar-refractivity contribution >= 4 is 23.2 Å². The van der Waals surface area contributed by atoms with Crippen molar-refractivity contribution < 1.29 is 4.79 Å². The lowest BCUT2D eigenvalue weighted by Gasteiger charge is -2.07. The first-order valence-electron chi connectivity index (χ1n) is 5.25. The third-order valence-corrected chi connectivity index (χ3v) is 2.73. The Kier molecular flexibility index (Phi) is 3.15. The van der Waals surface area contributed by atoms with E-state index in [-0.39, 0.29) is 5.91 Å². The van der Waals surface area contributed by atoms with Gasteiger partial charge in [0, 0.05) is 29.5 Å². The molecule has 0 spiro atoms. The maximum absolute atomic E-state index is 12.2. The van der Waals surface area contributed by atoms with Gasteiger partial charge < -0.3 is 5.73 Å². The van der Waals surface area contributed by atoms with Crippen LogP contribution in [0.1, 0.15) is 23.1 Å². The van der Waals surface area contributed by atoms with E-state index in [1.54, 1.807) is 30.6 Å². The Labute approximate surface area is 104 Å². The van der Waals surface area contributed by atoms with Gasteiger partial charge in [0.2, 0.25) is 0 Å². The number of anilines is 1. The van der Waals surface area contributed by atoms with Crippen LogP contribution in [0.5, 0.6) is 0 Å². The zero-order valence-corrected chi connectivity index (χ0v) is 10.1. The molecule has 5 heteroatoms. The smallest absolute Gasteiger partial charge is 0.265 e. The van der Waals surface area contributed by atoms with E-state index in [0.29, 0.717) is 28.5 Å². The molecule has 0 radical (unpaired) electrons. The highest BCUT2D eigenvalue weighted by atomic mass is 35.5. The van der Waals surface area contributed by atoms with Crippen molar-refractivity contribution in [3.8, 4) is 0 Å². The SMILES string of the molecule is CCc1nccn1C(=O)c1ccc(Cl)cc1N. The van der Waals surface area contributed by atoms with Crippen molar-refractivity contribution in [2.45, 2.75) is 13.3 Å². The Morgan fingerprint density at radius 1 is 1.53 bits per heavy atom. The number of carbonyl (C=O) groups excluding carboxylic acids is 1. The molecule has 0 aliphatic heterocycles. The Balaban J connectivity index is 2.44. The summed E-state index contributed by atoms with van der Waals surface area (Å²) in [7, 11) is 0. The number of aryl methyl sites for hydroxylation is 1. The maximum Gasteiger partial charge on any atom is 0.265 e. The lowest BCUT2D eigenvalue weighted by atomic mass is 10.1. The van der Waals surface area contributed by atoms with Gasteiger partial charge in [-0.1, -0.05) is 18.5 Å². The molecule has 0 saturated heterocycles. The number of halogens is 1. The van der Waals surface area contributed by atoms with E-state index in [9.17, 15) is 4.79 Å². The minimum Gasteiger partial charge on any atom is -0.398 e. The molecule has 17 heavy (non-hydrogen) atoms. The molecule has 2 rings (SSSR count). The van der Waals surface area contributed by atoms with Gasteiger partial charge in [0.1, 0.15) is 5.82 Å². The monoisotopic (exact) mass is 249 g/mol. The Hall–Kier alpha value is -1.81. The van der Waals surface area contributed by atoms with Crippen LogP contribution in [0.3, 0.4) is 0 Å². The van der Waals surface area contributed by atoms with E-state index in [2.05, 4.69) is 4.98 Å². The zero-order chi connectivity index (χ0) is 12.4. The van der Waals surface area contributed by atoms with Crippen molar-refractivity contribution in [1.29, 1.82) is 0 Å². The molecule has 4 nitrogen and oxygen atoms in total. The van der Waals surface area contributed by atoms with Crippen molar-refractivity contribution in [2.75, 3.05) is 5.73 Å². The summed E-state index contributed by atoms with van der Waals surface area (Å²) >= 11 is 5.79. The number of hydrogen-bond donors (Lipinski definition) is 1. The van der Waals surface area contributed by atoms with Crippen LogP contribution in [-0.2, 0) is 6.42 Å². The first kappa shape index (κ1) is 11.7. The third kappa shape index (κ3) is 2.17. The van der Waals surface area contributed by atoms with Crippen LogP contribution in [-0.4, -0.2) is 15.5 Å². The molecule has 1 aromatic carbocycles. The molecule has 1 aromatic heterocycles. The van der Waals surface area contributed by atoms with E-state index >= 15 is 0 Å². The molecule has 0 atom stereocenters. The van der Waals surface area contributed by atoms with Crippen LogP contribution in [0, 0.1) is 0 Å². The van der Waals surface area contributed by atoms with E-state index in [0.717, 1.165) is 0 Å². The highest BCUT2D eigenvalue weighted by Gasteiger charge is 2.14. The lowest BCUT2D eigenvalue weighted by molar-refractivity contribution is 0.0957. The largest absolute Gasteiger partial charge is 0.398 e. The lowest BCUT2D eigenvalue weighted by Crippen LogP contribution is -2.15. The first-order chi connectivity index (χ1) is 8.13. The fourth-order valence-electron chi connectivity index (χ4n) is 1.64.